The van der Waals surface area contributed by atoms with Gasteiger partial charge >= 0.3 is 0 Å². The van der Waals surface area contributed by atoms with Crippen molar-refractivity contribution in [2.75, 3.05) is 10.6 Å². The van der Waals surface area contributed by atoms with E-state index in [2.05, 4.69) is 34.4 Å². The Morgan fingerprint density at radius 1 is 1.04 bits per heavy atom. The number of rotatable bonds is 6. The smallest absolute Gasteiger partial charge is 0.225 e. The van der Waals surface area contributed by atoms with Crippen molar-refractivity contribution in [3.05, 3.63) is 58.6 Å². The molecule has 1 aromatic heterocycles. The van der Waals surface area contributed by atoms with E-state index in [9.17, 15) is 5.11 Å². The van der Waals surface area contributed by atoms with Crippen molar-refractivity contribution in [3.63, 3.8) is 0 Å². The van der Waals surface area contributed by atoms with Crippen molar-refractivity contribution >= 4 is 40.7 Å². The second kappa shape index (κ2) is 8.46. The van der Waals surface area contributed by atoms with Crippen LogP contribution in [0.3, 0.4) is 0 Å². The summed E-state index contributed by atoms with van der Waals surface area (Å²) in [5, 5.41) is 16.6. The quantitative estimate of drug-likeness (QED) is 0.433. The van der Waals surface area contributed by atoms with Crippen molar-refractivity contribution in [2.45, 2.75) is 26.3 Å². The van der Waals surface area contributed by atoms with Gasteiger partial charge in [0, 0.05) is 23.4 Å². The summed E-state index contributed by atoms with van der Waals surface area (Å²) in [5.41, 5.74) is 2.39. The highest BCUT2D eigenvalue weighted by Gasteiger charge is 2.11. The Kier molecular flexibility index (Phi) is 6.04. The van der Waals surface area contributed by atoms with Gasteiger partial charge < -0.3 is 15.7 Å². The van der Waals surface area contributed by atoms with Gasteiger partial charge in [-0.3, -0.25) is 0 Å². The Balaban J connectivity index is 1.99. The van der Waals surface area contributed by atoms with Crippen molar-refractivity contribution in [3.8, 4) is 17.0 Å². The van der Waals surface area contributed by atoms with E-state index in [0.717, 1.165) is 17.7 Å². The first-order valence-corrected chi connectivity index (χ1v) is 9.38. The lowest BCUT2D eigenvalue weighted by molar-refractivity contribution is 0.476. The molecule has 1 heterocycles. The number of benzene rings is 2. The van der Waals surface area contributed by atoms with Crippen LogP contribution in [-0.4, -0.2) is 21.1 Å². The average molecular weight is 403 g/mol. The highest BCUT2D eigenvalue weighted by Crippen LogP contribution is 2.35. The van der Waals surface area contributed by atoms with E-state index in [-0.39, 0.29) is 21.8 Å². The number of halogens is 2. The predicted molar refractivity (Wildman–Crippen MR) is 112 cm³/mol. The Bertz CT molecular complexity index is 912. The van der Waals surface area contributed by atoms with Gasteiger partial charge in [0.15, 0.2) is 5.75 Å². The summed E-state index contributed by atoms with van der Waals surface area (Å²) in [6.07, 6.45) is 0.949. The van der Waals surface area contributed by atoms with Crippen molar-refractivity contribution in [1.29, 1.82) is 0 Å². The van der Waals surface area contributed by atoms with Gasteiger partial charge in [-0.15, -0.1) is 0 Å². The molecule has 0 spiro atoms. The first kappa shape index (κ1) is 19.3. The maximum atomic E-state index is 9.73. The molecule has 0 aliphatic carbocycles. The molecule has 0 fully saturated rings. The number of aromatic nitrogens is 2. The minimum absolute atomic E-state index is 0.143. The largest absolute Gasteiger partial charge is 0.505 e. The molecule has 3 rings (SSSR count). The van der Waals surface area contributed by atoms with Gasteiger partial charge in [0.25, 0.3) is 0 Å². The topological polar surface area (TPSA) is 70.1 Å². The molecular formula is C20H20Cl2N4O. The second-order valence-corrected chi connectivity index (χ2v) is 7.01. The van der Waals surface area contributed by atoms with Gasteiger partial charge in [0.1, 0.15) is 5.82 Å². The lowest BCUT2D eigenvalue weighted by Crippen LogP contribution is -2.16. The number of phenols is 1. The third-order valence-electron chi connectivity index (χ3n) is 4.07. The summed E-state index contributed by atoms with van der Waals surface area (Å²) in [6, 6.07) is 15.2. The van der Waals surface area contributed by atoms with E-state index >= 15 is 0 Å². The Morgan fingerprint density at radius 2 is 1.70 bits per heavy atom. The lowest BCUT2D eigenvalue weighted by Gasteiger charge is -2.15. The van der Waals surface area contributed by atoms with E-state index in [4.69, 9.17) is 23.2 Å². The molecule has 0 bridgehead atoms. The van der Waals surface area contributed by atoms with Gasteiger partial charge in [-0.05, 0) is 25.5 Å². The minimum Gasteiger partial charge on any atom is -0.505 e. The normalized spacial score (nSPS) is 11.9. The standard InChI is InChI=1S/C20H20Cl2N4O/c1-3-12(2)23-20-25-17(13-7-5-4-6-8-13)11-18(26-20)24-14-9-15(21)19(27)16(22)10-14/h4-12,27H,3H2,1-2H3,(H2,23,24,25,26)/t12-/m1/s1. The molecule has 0 unspecified atom stereocenters. The van der Waals surface area contributed by atoms with Crippen LogP contribution >= 0.6 is 23.2 Å². The SMILES string of the molecule is CC[C@@H](C)Nc1nc(Nc2cc(Cl)c(O)c(Cl)c2)cc(-c2ccccc2)n1. The molecule has 3 N–H and O–H groups in total. The van der Waals surface area contributed by atoms with Crippen LogP contribution in [0.25, 0.3) is 11.3 Å². The van der Waals surface area contributed by atoms with Crippen LogP contribution in [0.15, 0.2) is 48.5 Å². The zero-order chi connectivity index (χ0) is 19.4. The molecule has 2 aromatic carbocycles. The van der Waals surface area contributed by atoms with E-state index < -0.39 is 0 Å². The summed E-state index contributed by atoms with van der Waals surface area (Å²) in [5.74, 6) is 0.979. The van der Waals surface area contributed by atoms with Gasteiger partial charge in [-0.25, -0.2) is 4.98 Å². The van der Waals surface area contributed by atoms with Gasteiger partial charge in [0.2, 0.25) is 5.95 Å². The summed E-state index contributed by atoms with van der Waals surface area (Å²) < 4.78 is 0. The van der Waals surface area contributed by atoms with Crippen LogP contribution in [0.2, 0.25) is 10.0 Å². The molecular weight excluding hydrogens is 383 g/mol. The number of hydrogen-bond acceptors (Lipinski definition) is 5. The molecule has 0 amide bonds. The molecule has 3 aromatic rings. The molecule has 1 atom stereocenters. The Morgan fingerprint density at radius 3 is 2.33 bits per heavy atom. The molecule has 0 saturated carbocycles. The second-order valence-electron chi connectivity index (χ2n) is 6.20. The molecule has 5 nitrogen and oxygen atoms in total. The van der Waals surface area contributed by atoms with Gasteiger partial charge in [0.05, 0.1) is 15.7 Å². The van der Waals surface area contributed by atoms with Crippen LogP contribution in [-0.2, 0) is 0 Å². The number of hydrogen-bond donors (Lipinski definition) is 3. The average Bonchev–Trinajstić information content (AvgIpc) is 2.66. The van der Waals surface area contributed by atoms with Crippen molar-refractivity contribution < 1.29 is 5.11 Å². The van der Waals surface area contributed by atoms with Crippen molar-refractivity contribution in [2.24, 2.45) is 0 Å². The summed E-state index contributed by atoms with van der Waals surface area (Å²) in [6.45, 7) is 4.17. The Hall–Kier alpha value is -2.50. The summed E-state index contributed by atoms with van der Waals surface area (Å²) >= 11 is 12.0. The maximum Gasteiger partial charge on any atom is 0.225 e. The fourth-order valence-corrected chi connectivity index (χ4v) is 2.93. The van der Waals surface area contributed by atoms with E-state index in [1.807, 2.05) is 36.4 Å². The van der Waals surface area contributed by atoms with Crippen LogP contribution in [0, 0.1) is 0 Å². The molecule has 27 heavy (non-hydrogen) atoms. The third kappa shape index (κ3) is 4.81. The molecule has 0 saturated heterocycles. The fourth-order valence-electron chi connectivity index (χ4n) is 2.44. The van der Waals surface area contributed by atoms with E-state index in [0.29, 0.717) is 17.5 Å². The minimum atomic E-state index is -0.143. The van der Waals surface area contributed by atoms with Crippen LogP contribution in [0.1, 0.15) is 20.3 Å². The van der Waals surface area contributed by atoms with Crippen LogP contribution < -0.4 is 10.6 Å². The van der Waals surface area contributed by atoms with E-state index in [1.54, 1.807) is 12.1 Å². The summed E-state index contributed by atoms with van der Waals surface area (Å²) in [7, 11) is 0. The van der Waals surface area contributed by atoms with Crippen LogP contribution in [0.5, 0.6) is 5.75 Å². The molecule has 7 heteroatoms. The number of aromatic hydroxyl groups is 1. The third-order valence-corrected chi connectivity index (χ3v) is 4.65. The van der Waals surface area contributed by atoms with Crippen LogP contribution in [0.4, 0.5) is 17.5 Å². The van der Waals surface area contributed by atoms with Crippen molar-refractivity contribution in [1.82, 2.24) is 9.97 Å². The zero-order valence-corrected chi connectivity index (χ0v) is 16.5. The predicted octanol–water partition coefficient (Wildman–Crippen LogP) is 6.11. The monoisotopic (exact) mass is 402 g/mol. The number of anilines is 3. The van der Waals surface area contributed by atoms with Gasteiger partial charge in [-0.1, -0.05) is 60.5 Å². The summed E-state index contributed by atoms with van der Waals surface area (Å²) in [4.78, 5) is 9.17. The molecule has 140 valence electrons. The number of nitrogens with zero attached hydrogens (tertiary/aromatic N) is 2. The Labute approximate surface area is 168 Å². The molecule has 0 radical (unpaired) electrons. The maximum absolute atomic E-state index is 9.73. The number of phenolic OH excluding ortho intramolecular Hbond substituents is 1. The number of nitrogens with one attached hydrogen (secondary N) is 2. The fraction of sp³-hybridized carbons (Fsp3) is 0.200. The zero-order valence-electron chi connectivity index (χ0n) is 15.0. The highest BCUT2D eigenvalue weighted by molar-refractivity contribution is 6.37. The first-order chi connectivity index (χ1) is 13.0. The molecule has 0 aliphatic rings. The first-order valence-electron chi connectivity index (χ1n) is 8.62. The highest BCUT2D eigenvalue weighted by atomic mass is 35.5. The van der Waals surface area contributed by atoms with E-state index in [1.165, 1.54) is 0 Å². The van der Waals surface area contributed by atoms with Gasteiger partial charge in [-0.2, -0.15) is 4.98 Å². The lowest BCUT2D eigenvalue weighted by atomic mass is 10.1. The molecule has 0 aliphatic heterocycles.